The Morgan fingerprint density at radius 3 is 2.76 bits per heavy atom. The number of nitrogens with zero attached hydrogens (tertiary/aromatic N) is 1. The smallest absolute Gasteiger partial charge is 0.254 e. The number of benzene rings is 1. The Morgan fingerprint density at radius 2 is 2.06 bits per heavy atom. The second kappa shape index (κ2) is 5.65. The molecule has 1 N–H and O–H groups in total. The lowest BCUT2D eigenvalue weighted by atomic mass is 10.1. The lowest BCUT2D eigenvalue weighted by Crippen LogP contribution is -2.39. The summed E-state index contributed by atoms with van der Waals surface area (Å²) in [5, 5.41) is 3.32. The Labute approximate surface area is 110 Å². The highest BCUT2D eigenvalue weighted by molar-refractivity contribution is 9.10. The fraction of sp³-hybridized carbons (Fsp3) is 0.462. The van der Waals surface area contributed by atoms with Crippen LogP contribution in [0.3, 0.4) is 0 Å². The summed E-state index contributed by atoms with van der Waals surface area (Å²) in [6.45, 7) is 4.78. The highest BCUT2D eigenvalue weighted by Gasteiger charge is 2.22. The van der Waals surface area contributed by atoms with Gasteiger partial charge in [-0.15, -0.1) is 0 Å². The molecule has 1 aliphatic heterocycles. The molecule has 0 saturated carbocycles. The van der Waals surface area contributed by atoms with Crippen molar-refractivity contribution in [2.75, 3.05) is 19.6 Å². The van der Waals surface area contributed by atoms with Crippen LogP contribution >= 0.6 is 15.9 Å². The Morgan fingerprint density at radius 1 is 1.35 bits per heavy atom. The lowest BCUT2D eigenvalue weighted by Gasteiger charge is -2.26. The van der Waals surface area contributed by atoms with Crippen molar-refractivity contribution in [2.45, 2.75) is 19.4 Å². The van der Waals surface area contributed by atoms with Gasteiger partial charge in [0, 0.05) is 29.2 Å². The summed E-state index contributed by atoms with van der Waals surface area (Å²) in [6, 6.07) is 7.87. The molecular formula is C13H17BrN2O. The van der Waals surface area contributed by atoms with Crippen molar-refractivity contribution < 1.29 is 4.79 Å². The highest BCUT2D eigenvalue weighted by Crippen LogP contribution is 2.15. The standard InChI is InChI=1S/C13H17BrN2O/c1-10-6-7-15-8-9-16(10)13(17)11-2-4-12(14)5-3-11/h2-5,10,15H,6-9H2,1H3. The molecule has 1 amide bonds. The van der Waals surface area contributed by atoms with Gasteiger partial charge < -0.3 is 10.2 Å². The number of carbonyl (C=O) groups is 1. The van der Waals surface area contributed by atoms with Crippen LogP contribution in [0.2, 0.25) is 0 Å². The van der Waals surface area contributed by atoms with Gasteiger partial charge in [0.1, 0.15) is 0 Å². The second-order valence-corrected chi connectivity index (χ2v) is 5.31. The molecule has 1 aliphatic rings. The molecule has 3 nitrogen and oxygen atoms in total. The topological polar surface area (TPSA) is 32.3 Å². The largest absolute Gasteiger partial charge is 0.335 e. The number of hydrogen-bond acceptors (Lipinski definition) is 2. The van der Waals surface area contributed by atoms with E-state index in [-0.39, 0.29) is 5.91 Å². The molecule has 0 bridgehead atoms. The Bertz CT molecular complexity index is 391. The zero-order chi connectivity index (χ0) is 12.3. The number of rotatable bonds is 1. The molecule has 0 aromatic heterocycles. The van der Waals surface area contributed by atoms with E-state index >= 15 is 0 Å². The number of nitrogens with one attached hydrogen (secondary N) is 1. The van der Waals surface area contributed by atoms with E-state index in [4.69, 9.17) is 0 Å². The number of halogens is 1. The van der Waals surface area contributed by atoms with Crippen molar-refractivity contribution in [3.05, 3.63) is 34.3 Å². The molecule has 1 aromatic carbocycles. The van der Waals surface area contributed by atoms with Gasteiger partial charge in [0.15, 0.2) is 0 Å². The third kappa shape index (κ3) is 3.07. The van der Waals surface area contributed by atoms with Gasteiger partial charge in [-0.1, -0.05) is 15.9 Å². The minimum Gasteiger partial charge on any atom is -0.335 e. The summed E-state index contributed by atoms with van der Waals surface area (Å²) in [4.78, 5) is 14.3. The summed E-state index contributed by atoms with van der Waals surface area (Å²) in [5.74, 6) is 0.133. The first-order chi connectivity index (χ1) is 8.18. The predicted octanol–water partition coefficient (Wildman–Crippen LogP) is 2.27. The van der Waals surface area contributed by atoms with Crippen molar-refractivity contribution >= 4 is 21.8 Å². The minimum absolute atomic E-state index is 0.133. The van der Waals surface area contributed by atoms with Crippen molar-refractivity contribution in [3.63, 3.8) is 0 Å². The molecule has 92 valence electrons. The first-order valence-corrected chi connectivity index (χ1v) is 6.75. The predicted molar refractivity (Wildman–Crippen MR) is 72.1 cm³/mol. The Hall–Kier alpha value is -0.870. The third-order valence-corrected chi connectivity index (χ3v) is 3.68. The van der Waals surface area contributed by atoms with Gasteiger partial charge in [0.2, 0.25) is 0 Å². The molecule has 1 atom stereocenters. The van der Waals surface area contributed by atoms with E-state index in [2.05, 4.69) is 28.2 Å². The van der Waals surface area contributed by atoms with Crippen LogP contribution in [0, 0.1) is 0 Å². The van der Waals surface area contributed by atoms with Crippen molar-refractivity contribution in [3.8, 4) is 0 Å². The van der Waals surface area contributed by atoms with Gasteiger partial charge in [0.25, 0.3) is 5.91 Å². The van der Waals surface area contributed by atoms with E-state index in [9.17, 15) is 4.79 Å². The van der Waals surface area contributed by atoms with Gasteiger partial charge in [-0.25, -0.2) is 0 Å². The Balaban J connectivity index is 2.15. The van der Waals surface area contributed by atoms with E-state index in [0.717, 1.165) is 36.1 Å². The lowest BCUT2D eigenvalue weighted by molar-refractivity contribution is 0.0704. The van der Waals surface area contributed by atoms with Crippen molar-refractivity contribution in [1.82, 2.24) is 10.2 Å². The molecular weight excluding hydrogens is 280 g/mol. The van der Waals surface area contributed by atoms with E-state index in [1.165, 1.54) is 0 Å². The summed E-state index contributed by atoms with van der Waals surface area (Å²) in [6.07, 6.45) is 1.02. The van der Waals surface area contributed by atoms with Crippen LogP contribution in [-0.2, 0) is 0 Å². The molecule has 1 aromatic rings. The first-order valence-electron chi connectivity index (χ1n) is 5.96. The van der Waals surface area contributed by atoms with E-state index in [0.29, 0.717) is 6.04 Å². The molecule has 17 heavy (non-hydrogen) atoms. The maximum Gasteiger partial charge on any atom is 0.254 e. The number of hydrogen-bond donors (Lipinski definition) is 1. The van der Waals surface area contributed by atoms with E-state index in [1.54, 1.807) is 0 Å². The van der Waals surface area contributed by atoms with E-state index < -0.39 is 0 Å². The van der Waals surface area contributed by atoms with Crippen LogP contribution in [0.25, 0.3) is 0 Å². The fourth-order valence-corrected chi connectivity index (χ4v) is 2.34. The summed E-state index contributed by atoms with van der Waals surface area (Å²) < 4.78 is 1.000. The molecule has 0 aliphatic carbocycles. The molecule has 0 radical (unpaired) electrons. The normalized spacial score (nSPS) is 21.1. The van der Waals surface area contributed by atoms with Crippen molar-refractivity contribution in [1.29, 1.82) is 0 Å². The minimum atomic E-state index is 0.133. The van der Waals surface area contributed by atoms with Crippen molar-refractivity contribution in [2.24, 2.45) is 0 Å². The van der Waals surface area contributed by atoms with Gasteiger partial charge in [0.05, 0.1) is 0 Å². The number of amides is 1. The van der Waals surface area contributed by atoms with Gasteiger partial charge >= 0.3 is 0 Å². The van der Waals surface area contributed by atoms with Crippen LogP contribution in [0.4, 0.5) is 0 Å². The fourth-order valence-electron chi connectivity index (χ4n) is 2.07. The number of carbonyl (C=O) groups excluding carboxylic acids is 1. The summed E-state index contributed by atoms with van der Waals surface area (Å²) in [7, 11) is 0. The second-order valence-electron chi connectivity index (χ2n) is 4.39. The van der Waals surface area contributed by atoms with Crippen LogP contribution in [-0.4, -0.2) is 36.5 Å². The molecule has 1 saturated heterocycles. The molecule has 1 heterocycles. The van der Waals surface area contributed by atoms with Gasteiger partial charge in [-0.05, 0) is 44.2 Å². The average Bonchev–Trinajstić information content (AvgIpc) is 2.54. The van der Waals surface area contributed by atoms with Crippen LogP contribution in [0.1, 0.15) is 23.7 Å². The quantitative estimate of drug-likeness (QED) is 0.862. The van der Waals surface area contributed by atoms with Crippen LogP contribution in [0.15, 0.2) is 28.7 Å². The molecule has 0 spiro atoms. The van der Waals surface area contributed by atoms with Crippen LogP contribution < -0.4 is 5.32 Å². The first kappa shape index (κ1) is 12.6. The summed E-state index contributed by atoms with van der Waals surface area (Å²) >= 11 is 3.38. The molecule has 4 heteroatoms. The maximum atomic E-state index is 12.4. The molecule has 1 unspecified atom stereocenters. The van der Waals surface area contributed by atoms with E-state index in [1.807, 2.05) is 29.2 Å². The highest BCUT2D eigenvalue weighted by atomic mass is 79.9. The zero-order valence-electron chi connectivity index (χ0n) is 9.95. The van der Waals surface area contributed by atoms with Crippen LogP contribution in [0.5, 0.6) is 0 Å². The SMILES string of the molecule is CC1CCNCCN1C(=O)c1ccc(Br)cc1. The maximum absolute atomic E-state index is 12.4. The van der Waals surface area contributed by atoms with Gasteiger partial charge in [-0.3, -0.25) is 4.79 Å². The third-order valence-electron chi connectivity index (χ3n) is 3.15. The zero-order valence-corrected chi connectivity index (χ0v) is 11.5. The summed E-state index contributed by atoms with van der Waals surface area (Å²) in [5.41, 5.74) is 0.766. The average molecular weight is 297 g/mol. The monoisotopic (exact) mass is 296 g/mol. The Kier molecular flexibility index (Phi) is 4.18. The molecule has 2 rings (SSSR count). The van der Waals surface area contributed by atoms with Gasteiger partial charge in [-0.2, -0.15) is 0 Å². The molecule has 1 fully saturated rings.